The molecule has 0 amide bonds. The van der Waals surface area contributed by atoms with Gasteiger partial charge in [0.05, 0.1) is 0 Å². The highest BCUT2D eigenvalue weighted by atomic mass is 16.3. The van der Waals surface area contributed by atoms with E-state index in [0.29, 0.717) is 17.5 Å². The van der Waals surface area contributed by atoms with Crippen molar-refractivity contribution in [2.24, 2.45) is 0 Å². The van der Waals surface area contributed by atoms with Crippen LogP contribution in [0.5, 0.6) is 0 Å². The van der Waals surface area contributed by atoms with E-state index in [1.807, 2.05) is 54.6 Å². The number of hydrogen-bond acceptors (Lipinski definition) is 4. The van der Waals surface area contributed by atoms with Gasteiger partial charge in [-0.3, -0.25) is 0 Å². The molecule has 4 heteroatoms. The minimum absolute atomic E-state index is 0.589. The number of nitrogens with zero attached hydrogens (tertiary/aromatic N) is 3. The van der Waals surface area contributed by atoms with Crippen molar-refractivity contribution in [1.29, 1.82) is 0 Å². The van der Waals surface area contributed by atoms with Crippen molar-refractivity contribution in [2.45, 2.75) is 0 Å². The van der Waals surface area contributed by atoms with Crippen LogP contribution in [0.25, 0.3) is 111 Å². The molecule has 0 fully saturated rings. The molecule has 0 saturated heterocycles. The fourth-order valence-corrected chi connectivity index (χ4v) is 8.13. The second-order valence-corrected chi connectivity index (χ2v) is 14.4. The summed E-state index contributed by atoms with van der Waals surface area (Å²) in [5.74, 6) is 1.82. The molecule has 57 heavy (non-hydrogen) atoms. The Bertz CT molecular complexity index is 3300. The van der Waals surface area contributed by atoms with Crippen LogP contribution in [0.3, 0.4) is 0 Å². The van der Waals surface area contributed by atoms with E-state index in [2.05, 4.69) is 146 Å². The third kappa shape index (κ3) is 5.83. The van der Waals surface area contributed by atoms with E-state index in [1.54, 1.807) is 0 Å². The third-order valence-corrected chi connectivity index (χ3v) is 10.9. The first kappa shape index (κ1) is 32.7. The molecule has 0 unspecified atom stereocenters. The number of rotatable bonds is 6. The van der Waals surface area contributed by atoms with Crippen molar-refractivity contribution in [3.05, 3.63) is 200 Å². The third-order valence-electron chi connectivity index (χ3n) is 10.9. The van der Waals surface area contributed by atoms with Gasteiger partial charge in [-0.2, -0.15) is 0 Å². The molecule has 9 aromatic carbocycles. The summed E-state index contributed by atoms with van der Waals surface area (Å²) in [5, 5.41) is 6.99. The van der Waals surface area contributed by atoms with Gasteiger partial charge in [0.25, 0.3) is 0 Å². The van der Waals surface area contributed by atoms with E-state index in [1.165, 1.54) is 32.7 Å². The SMILES string of the molecule is c1ccc(-c2nc(-c3ccccc3-c3ccccc3)nc(-c3cccc4oc5ccc(-c6cccc(-c7ccc8ccc9ccccc9c8c7)c6)cc5c34)n2)cc1. The maximum atomic E-state index is 6.51. The lowest BCUT2D eigenvalue weighted by atomic mass is 9.94. The molecule has 0 aliphatic carbocycles. The molecule has 0 N–H and O–H groups in total. The summed E-state index contributed by atoms with van der Waals surface area (Å²) in [6.45, 7) is 0. The predicted octanol–water partition coefficient (Wildman–Crippen LogP) is 14.1. The van der Waals surface area contributed by atoms with Gasteiger partial charge in [0, 0.05) is 27.5 Å². The molecule has 11 rings (SSSR count). The summed E-state index contributed by atoms with van der Waals surface area (Å²) in [6.07, 6.45) is 0. The highest BCUT2D eigenvalue weighted by Gasteiger charge is 2.20. The van der Waals surface area contributed by atoms with Gasteiger partial charge in [-0.05, 0) is 85.3 Å². The molecular formula is C53H33N3O. The Labute approximate surface area is 329 Å². The predicted molar refractivity (Wildman–Crippen MR) is 235 cm³/mol. The summed E-state index contributed by atoms with van der Waals surface area (Å²) >= 11 is 0. The maximum absolute atomic E-state index is 6.51. The lowest BCUT2D eigenvalue weighted by Crippen LogP contribution is -2.01. The zero-order chi connectivity index (χ0) is 37.7. The van der Waals surface area contributed by atoms with E-state index >= 15 is 0 Å². The first-order chi connectivity index (χ1) is 28.2. The molecule has 2 aromatic heterocycles. The zero-order valence-corrected chi connectivity index (χ0v) is 30.8. The normalized spacial score (nSPS) is 11.5. The van der Waals surface area contributed by atoms with Crippen molar-refractivity contribution in [2.75, 3.05) is 0 Å². The average Bonchev–Trinajstić information content (AvgIpc) is 3.68. The molecule has 266 valence electrons. The van der Waals surface area contributed by atoms with Gasteiger partial charge in [-0.1, -0.05) is 170 Å². The standard InChI is InChI=1S/C53H33N3O/c1-3-13-34(14-4-1)42-20-9-10-22-44(42)52-54-51(37-16-5-2-6-17-37)55-53(56-52)45-23-12-24-49-50(45)47-33-41(29-30-48(47)57-49)39-19-11-18-38(31-39)40-28-27-36-26-25-35-15-7-8-21-43(35)46(36)32-40/h1-33H. The number of fused-ring (bicyclic) bond motifs is 6. The van der Waals surface area contributed by atoms with E-state index in [4.69, 9.17) is 19.4 Å². The average molecular weight is 728 g/mol. The zero-order valence-electron chi connectivity index (χ0n) is 30.8. The minimum atomic E-state index is 0.589. The Morgan fingerprint density at radius 2 is 0.807 bits per heavy atom. The summed E-state index contributed by atoms with van der Waals surface area (Å²) in [4.78, 5) is 15.5. The summed E-state index contributed by atoms with van der Waals surface area (Å²) in [5.41, 5.74) is 11.1. The van der Waals surface area contributed by atoms with Crippen LogP contribution >= 0.6 is 0 Å². The molecule has 0 aliphatic heterocycles. The molecule has 0 spiro atoms. The second-order valence-electron chi connectivity index (χ2n) is 14.4. The highest BCUT2D eigenvalue weighted by molar-refractivity contribution is 6.13. The molecular weight excluding hydrogens is 695 g/mol. The van der Waals surface area contributed by atoms with Crippen molar-refractivity contribution >= 4 is 43.5 Å². The van der Waals surface area contributed by atoms with Crippen LogP contribution in [0.2, 0.25) is 0 Å². The van der Waals surface area contributed by atoms with Crippen LogP contribution in [0.15, 0.2) is 205 Å². The molecule has 0 saturated carbocycles. The van der Waals surface area contributed by atoms with Crippen LogP contribution < -0.4 is 0 Å². The van der Waals surface area contributed by atoms with Crippen LogP contribution in [0.1, 0.15) is 0 Å². The highest BCUT2D eigenvalue weighted by Crippen LogP contribution is 2.40. The van der Waals surface area contributed by atoms with Crippen LogP contribution in [0.4, 0.5) is 0 Å². The maximum Gasteiger partial charge on any atom is 0.164 e. The van der Waals surface area contributed by atoms with E-state index in [-0.39, 0.29) is 0 Å². The van der Waals surface area contributed by atoms with Gasteiger partial charge in [-0.25, -0.2) is 15.0 Å². The fourth-order valence-electron chi connectivity index (χ4n) is 8.13. The molecule has 11 aromatic rings. The molecule has 0 radical (unpaired) electrons. The van der Waals surface area contributed by atoms with Crippen molar-refractivity contribution in [3.63, 3.8) is 0 Å². The van der Waals surface area contributed by atoms with E-state index in [9.17, 15) is 0 Å². The van der Waals surface area contributed by atoms with Gasteiger partial charge in [0.15, 0.2) is 17.5 Å². The fraction of sp³-hybridized carbons (Fsp3) is 0. The van der Waals surface area contributed by atoms with Gasteiger partial charge < -0.3 is 4.42 Å². The van der Waals surface area contributed by atoms with Crippen molar-refractivity contribution < 1.29 is 4.42 Å². The lowest BCUT2D eigenvalue weighted by Gasteiger charge is -2.12. The molecule has 4 nitrogen and oxygen atoms in total. The van der Waals surface area contributed by atoms with Gasteiger partial charge >= 0.3 is 0 Å². The van der Waals surface area contributed by atoms with E-state index in [0.717, 1.165) is 60.9 Å². The molecule has 0 atom stereocenters. The Balaban J connectivity index is 1.06. The second kappa shape index (κ2) is 13.6. The van der Waals surface area contributed by atoms with Crippen LogP contribution in [-0.4, -0.2) is 15.0 Å². The van der Waals surface area contributed by atoms with Gasteiger partial charge in [0.2, 0.25) is 0 Å². The summed E-state index contributed by atoms with van der Waals surface area (Å²) < 4.78 is 6.51. The Hall–Kier alpha value is -7.69. The smallest absolute Gasteiger partial charge is 0.164 e. The minimum Gasteiger partial charge on any atom is -0.456 e. The number of furan rings is 1. The first-order valence-electron chi connectivity index (χ1n) is 19.2. The van der Waals surface area contributed by atoms with Crippen molar-refractivity contribution in [3.8, 4) is 67.5 Å². The van der Waals surface area contributed by atoms with Crippen molar-refractivity contribution in [1.82, 2.24) is 15.0 Å². The number of benzene rings is 9. The Morgan fingerprint density at radius 1 is 0.281 bits per heavy atom. The summed E-state index contributed by atoms with van der Waals surface area (Å²) in [6, 6.07) is 70.0. The number of aromatic nitrogens is 3. The first-order valence-corrected chi connectivity index (χ1v) is 19.2. The molecule has 0 bridgehead atoms. The van der Waals surface area contributed by atoms with E-state index < -0.39 is 0 Å². The topological polar surface area (TPSA) is 51.8 Å². The van der Waals surface area contributed by atoms with Crippen LogP contribution in [-0.2, 0) is 0 Å². The largest absolute Gasteiger partial charge is 0.456 e. The van der Waals surface area contributed by atoms with Gasteiger partial charge in [-0.15, -0.1) is 0 Å². The number of hydrogen-bond donors (Lipinski definition) is 0. The monoisotopic (exact) mass is 727 g/mol. The molecule has 0 aliphatic rings. The quantitative estimate of drug-likeness (QED) is 0.160. The summed E-state index contributed by atoms with van der Waals surface area (Å²) in [7, 11) is 0. The van der Waals surface area contributed by atoms with Gasteiger partial charge in [0.1, 0.15) is 11.2 Å². The Kier molecular flexibility index (Phi) is 7.78. The Morgan fingerprint density at radius 3 is 1.60 bits per heavy atom. The lowest BCUT2D eigenvalue weighted by molar-refractivity contribution is 0.669. The molecule has 2 heterocycles. The van der Waals surface area contributed by atoms with Crippen LogP contribution in [0, 0.1) is 0 Å².